The van der Waals surface area contributed by atoms with Crippen molar-refractivity contribution in [2.45, 2.75) is 18.8 Å². The summed E-state index contributed by atoms with van der Waals surface area (Å²) in [5.74, 6) is 1.18. The highest BCUT2D eigenvalue weighted by Gasteiger charge is 2.26. The molecule has 0 bridgehead atoms. The minimum absolute atomic E-state index is 0.166. The number of carbonyl (C=O) groups is 1. The molecule has 5 nitrogen and oxygen atoms in total. The van der Waals surface area contributed by atoms with Crippen molar-refractivity contribution in [2.75, 3.05) is 0 Å². The summed E-state index contributed by atoms with van der Waals surface area (Å²) >= 11 is 0. The topological polar surface area (TPSA) is 57.1 Å². The summed E-state index contributed by atoms with van der Waals surface area (Å²) in [6, 6.07) is 16.9. The van der Waals surface area contributed by atoms with Crippen molar-refractivity contribution in [3.05, 3.63) is 89.7 Å². The number of carbonyl (C=O) groups excluding carboxylic acids is 1. The van der Waals surface area contributed by atoms with Gasteiger partial charge in [-0.2, -0.15) is 0 Å². The Morgan fingerprint density at radius 2 is 1.88 bits per heavy atom. The fourth-order valence-corrected chi connectivity index (χ4v) is 2.78. The molecule has 2 atom stereocenters. The van der Waals surface area contributed by atoms with Crippen LogP contribution >= 0.6 is 0 Å². The molecule has 4 rings (SSSR count). The van der Waals surface area contributed by atoms with Gasteiger partial charge in [0.1, 0.15) is 30.3 Å². The fourth-order valence-electron chi connectivity index (χ4n) is 2.78. The van der Waals surface area contributed by atoms with Crippen LogP contribution in [-0.2, 0) is 16.1 Å². The van der Waals surface area contributed by atoms with Gasteiger partial charge in [-0.3, -0.25) is 4.99 Å². The number of para-hydroxylation sites is 1. The van der Waals surface area contributed by atoms with Crippen molar-refractivity contribution in [2.24, 2.45) is 4.99 Å². The maximum Gasteiger partial charge on any atom is 0.514 e. The summed E-state index contributed by atoms with van der Waals surface area (Å²) in [5.41, 5.74) is 1.82. The first-order valence-electron chi connectivity index (χ1n) is 8.35. The third-order valence-electron chi connectivity index (χ3n) is 4.09. The van der Waals surface area contributed by atoms with Gasteiger partial charge >= 0.3 is 6.16 Å². The predicted molar refractivity (Wildman–Crippen MR) is 97.2 cm³/mol. The first-order chi connectivity index (χ1) is 12.8. The molecule has 130 valence electrons. The van der Waals surface area contributed by atoms with E-state index in [-0.39, 0.29) is 18.8 Å². The Balaban J connectivity index is 1.39. The monoisotopic (exact) mass is 347 g/mol. The number of rotatable bonds is 3. The molecular formula is C21H17NO4. The van der Waals surface area contributed by atoms with Crippen molar-refractivity contribution in [1.29, 1.82) is 0 Å². The first-order valence-corrected chi connectivity index (χ1v) is 8.35. The molecule has 0 amide bonds. The number of hydrogen-bond acceptors (Lipinski definition) is 5. The predicted octanol–water partition coefficient (Wildman–Crippen LogP) is 4.04. The normalized spacial score (nSPS) is 20.1. The van der Waals surface area contributed by atoms with Crippen molar-refractivity contribution < 1.29 is 19.0 Å². The van der Waals surface area contributed by atoms with Crippen LogP contribution in [0.4, 0.5) is 4.79 Å². The third-order valence-corrected chi connectivity index (χ3v) is 4.09. The van der Waals surface area contributed by atoms with Crippen LogP contribution in [0.3, 0.4) is 0 Å². The van der Waals surface area contributed by atoms with Gasteiger partial charge in [0.2, 0.25) is 0 Å². The van der Waals surface area contributed by atoms with Gasteiger partial charge in [0.25, 0.3) is 0 Å². The quantitative estimate of drug-likeness (QED) is 0.786. The van der Waals surface area contributed by atoms with Crippen LogP contribution in [0, 0.1) is 0 Å². The molecular weight excluding hydrogens is 330 g/mol. The van der Waals surface area contributed by atoms with E-state index in [0.717, 1.165) is 16.9 Å². The highest BCUT2D eigenvalue weighted by Crippen LogP contribution is 2.26. The highest BCUT2D eigenvalue weighted by atomic mass is 16.7. The minimum Gasteiger partial charge on any atom is -0.483 e. The molecule has 0 aromatic heterocycles. The van der Waals surface area contributed by atoms with Gasteiger partial charge in [-0.25, -0.2) is 4.79 Å². The van der Waals surface area contributed by atoms with Gasteiger partial charge in [0.15, 0.2) is 0 Å². The summed E-state index contributed by atoms with van der Waals surface area (Å²) in [7, 11) is 0. The Bertz CT molecular complexity index is 886. The Morgan fingerprint density at radius 3 is 2.77 bits per heavy atom. The van der Waals surface area contributed by atoms with E-state index in [9.17, 15) is 4.79 Å². The molecule has 2 aromatic rings. The van der Waals surface area contributed by atoms with Gasteiger partial charge in [-0.15, -0.1) is 0 Å². The average molecular weight is 347 g/mol. The zero-order chi connectivity index (χ0) is 17.8. The molecule has 1 heterocycles. The van der Waals surface area contributed by atoms with Gasteiger partial charge in [0.05, 0.1) is 0 Å². The summed E-state index contributed by atoms with van der Waals surface area (Å²) < 4.78 is 16.4. The lowest BCUT2D eigenvalue weighted by Gasteiger charge is -2.22. The highest BCUT2D eigenvalue weighted by molar-refractivity contribution is 5.84. The van der Waals surface area contributed by atoms with E-state index in [4.69, 9.17) is 14.2 Å². The van der Waals surface area contributed by atoms with E-state index in [2.05, 4.69) is 4.99 Å². The van der Waals surface area contributed by atoms with Gasteiger partial charge < -0.3 is 14.2 Å². The summed E-state index contributed by atoms with van der Waals surface area (Å²) in [4.78, 5) is 16.4. The zero-order valence-corrected chi connectivity index (χ0v) is 13.9. The molecule has 0 saturated carbocycles. The number of aliphatic imine (C=N–C) groups is 1. The molecule has 2 aromatic carbocycles. The van der Waals surface area contributed by atoms with E-state index in [0.29, 0.717) is 5.76 Å². The Morgan fingerprint density at radius 1 is 1.08 bits per heavy atom. The van der Waals surface area contributed by atoms with Crippen molar-refractivity contribution in [1.82, 2.24) is 0 Å². The van der Waals surface area contributed by atoms with Crippen LogP contribution in [0.15, 0.2) is 83.6 Å². The Hall–Kier alpha value is -3.34. The van der Waals surface area contributed by atoms with E-state index < -0.39 is 6.16 Å². The molecule has 2 aliphatic rings. The van der Waals surface area contributed by atoms with Crippen molar-refractivity contribution in [3.63, 3.8) is 0 Å². The third kappa shape index (κ3) is 3.67. The number of allylic oxidation sites excluding steroid dienone is 1. The van der Waals surface area contributed by atoms with Crippen molar-refractivity contribution in [3.8, 4) is 5.75 Å². The molecule has 0 spiro atoms. The van der Waals surface area contributed by atoms with Crippen LogP contribution in [0.25, 0.3) is 0 Å². The molecule has 0 fully saturated rings. The van der Waals surface area contributed by atoms with Crippen LogP contribution in [-0.4, -0.2) is 24.5 Å². The van der Waals surface area contributed by atoms with E-state index >= 15 is 0 Å². The SMILES string of the molecule is O=C(OCc1ccccc1)OC1=CC2N=Cc3ccccc3OC2C=C1. The van der Waals surface area contributed by atoms with E-state index in [1.54, 1.807) is 18.4 Å². The van der Waals surface area contributed by atoms with E-state index in [1.807, 2.05) is 60.7 Å². The average Bonchev–Trinajstić information content (AvgIpc) is 2.86. The molecule has 1 aliphatic heterocycles. The fraction of sp³-hybridized carbons (Fsp3) is 0.143. The molecule has 26 heavy (non-hydrogen) atoms. The van der Waals surface area contributed by atoms with Crippen molar-refractivity contribution >= 4 is 12.4 Å². The molecule has 0 N–H and O–H groups in total. The Labute approximate surface area is 151 Å². The lowest BCUT2D eigenvalue weighted by molar-refractivity contribution is 0.0725. The number of benzene rings is 2. The molecule has 5 heteroatoms. The van der Waals surface area contributed by atoms with E-state index in [1.165, 1.54) is 0 Å². The van der Waals surface area contributed by atoms with Crippen LogP contribution in [0.5, 0.6) is 5.75 Å². The van der Waals surface area contributed by atoms with Gasteiger partial charge in [-0.1, -0.05) is 42.5 Å². The largest absolute Gasteiger partial charge is 0.514 e. The van der Waals surface area contributed by atoms with Gasteiger partial charge in [-0.05, 0) is 35.9 Å². The van der Waals surface area contributed by atoms with Gasteiger partial charge in [0, 0.05) is 11.8 Å². The standard InChI is InChI=1S/C21H17NO4/c23-21(24-14-15-6-2-1-3-7-15)25-17-10-11-20-18(12-17)22-13-16-8-4-5-9-19(16)26-20/h1-13,18,20H,14H2. The minimum atomic E-state index is -0.745. The number of hydrogen-bond donors (Lipinski definition) is 0. The second-order valence-electron chi connectivity index (χ2n) is 5.94. The first kappa shape index (κ1) is 16.1. The summed E-state index contributed by atoms with van der Waals surface area (Å²) in [6.45, 7) is 0.166. The Kier molecular flexibility index (Phi) is 4.51. The molecule has 2 unspecified atom stereocenters. The molecule has 0 saturated heterocycles. The number of ether oxygens (including phenoxy) is 3. The smallest absolute Gasteiger partial charge is 0.483 e. The number of nitrogens with zero attached hydrogens (tertiary/aromatic N) is 1. The molecule has 0 radical (unpaired) electrons. The lowest BCUT2D eigenvalue weighted by Crippen LogP contribution is -2.29. The molecule has 1 aliphatic carbocycles. The lowest BCUT2D eigenvalue weighted by atomic mass is 10.1. The zero-order valence-electron chi connectivity index (χ0n) is 13.9. The summed E-state index contributed by atoms with van der Waals surface area (Å²) in [5, 5.41) is 0. The maximum atomic E-state index is 11.9. The maximum absolute atomic E-state index is 11.9. The van der Waals surface area contributed by atoms with Crippen LogP contribution in [0.1, 0.15) is 11.1 Å². The summed E-state index contributed by atoms with van der Waals surface area (Å²) in [6.07, 6.45) is 6.10. The second-order valence-corrected chi connectivity index (χ2v) is 5.94. The van der Waals surface area contributed by atoms with Crippen LogP contribution < -0.4 is 4.74 Å². The second kappa shape index (κ2) is 7.27. The van der Waals surface area contributed by atoms with Crippen LogP contribution in [0.2, 0.25) is 0 Å². The number of fused-ring (bicyclic) bond motifs is 2.